The fourth-order valence-electron chi connectivity index (χ4n) is 3.90. The van der Waals surface area contributed by atoms with Gasteiger partial charge in [0.05, 0.1) is 20.3 Å². The van der Waals surface area contributed by atoms with Crippen LogP contribution < -0.4 is 9.64 Å². The second kappa shape index (κ2) is 10.5. The normalized spacial score (nSPS) is 13.8. The lowest BCUT2D eigenvalue weighted by Gasteiger charge is -2.36. The zero-order valence-electron chi connectivity index (χ0n) is 18.2. The number of piperazine rings is 1. The Labute approximate surface area is 194 Å². The van der Waals surface area contributed by atoms with Gasteiger partial charge >= 0.3 is 0 Å². The molecule has 1 aliphatic heterocycles. The van der Waals surface area contributed by atoms with Crippen molar-refractivity contribution in [3.8, 4) is 5.75 Å². The third kappa shape index (κ3) is 5.42. The van der Waals surface area contributed by atoms with E-state index in [9.17, 15) is 4.79 Å². The summed E-state index contributed by atoms with van der Waals surface area (Å²) in [5.74, 6) is 0.753. The highest BCUT2D eigenvalue weighted by Gasteiger charge is 2.23. The van der Waals surface area contributed by atoms with Crippen LogP contribution in [0.2, 0.25) is 5.02 Å². The monoisotopic (exact) mass is 450 g/mol. The van der Waals surface area contributed by atoms with E-state index in [1.54, 1.807) is 7.11 Å². The van der Waals surface area contributed by atoms with Crippen molar-refractivity contribution in [3.63, 3.8) is 0 Å². The van der Waals surface area contributed by atoms with Gasteiger partial charge in [-0.1, -0.05) is 48.0 Å². The highest BCUT2D eigenvalue weighted by molar-refractivity contribution is 6.30. The molecular formula is C26H27ClN2O3. The van der Waals surface area contributed by atoms with Gasteiger partial charge in [-0.05, 0) is 42.0 Å². The van der Waals surface area contributed by atoms with Crippen molar-refractivity contribution in [2.45, 2.75) is 13.2 Å². The van der Waals surface area contributed by atoms with Crippen LogP contribution in [0.5, 0.6) is 5.75 Å². The van der Waals surface area contributed by atoms with Gasteiger partial charge in [-0.2, -0.15) is 0 Å². The predicted molar refractivity (Wildman–Crippen MR) is 127 cm³/mol. The maximum atomic E-state index is 13.1. The number of hydrogen-bond acceptors (Lipinski definition) is 4. The number of anilines is 1. The van der Waals surface area contributed by atoms with Crippen molar-refractivity contribution in [2.24, 2.45) is 0 Å². The maximum Gasteiger partial charge on any atom is 0.253 e. The van der Waals surface area contributed by atoms with E-state index in [2.05, 4.69) is 11.0 Å². The smallest absolute Gasteiger partial charge is 0.253 e. The molecule has 1 amide bonds. The number of carbonyl (C=O) groups excluding carboxylic acids is 1. The SMILES string of the molecule is COc1ccc(C(=O)N2CCN(c3cccc(Cl)c3)CC2)cc1COCc1ccccc1. The molecule has 166 valence electrons. The minimum atomic E-state index is 0.0303. The average Bonchev–Trinajstić information content (AvgIpc) is 2.84. The lowest BCUT2D eigenvalue weighted by molar-refractivity contribution is 0.0745. The number of ether oxygens (including phenoxy) is 2. The van der Waals surface area contributed by atoms with E-state index in [1.165, 1.54) is 0 Å². The van der Waals surface area contributed by atoms with Gasteiger partial charge in [0.25, 0.3) is 5.91 Å². The molecular weight excluding hydrogens is 424 g/mol. The van der Waals surface area contributed by atoms with Crippen LogP contribution in [0, 0.1) is 0 Å². The highest BCUT2D eigenvalue weighted by atomic mass is 35.5. The molecule has 1 heterocycles. The van der Waals surface area contributed by atoms with Gasteiger partial charge in [0.1, 0.15) is 5.75 Å². The van der Waals surface area contributed by atoms with Crippen LogP contribution in [-0.4, -0.2) is 44.1 Å². The van der Waals surface area contributed by atoms with Gasteiger partial charge in [0.2, 0.25) is 0 Å². The molecule has 0 bridgehead atoms. The molecule has 3 aromatic carbocycles. The number of carbonyl (C=O) groups is 1. The van der Waals surface area contributed by atoms with Crippen molar-refractivity contribution >= 4 is 23.2 Å². The van der Waals surface area contributed by atoms with Crippen molar-refractivity contribution in [1.82, 2.24) is 4.90 Å². The Bertz CT molecular complexity index is 1050. The summed E-state index contributed by atoms with van der Waals surface area (Å²) in [7, 11) is 1.63. The van der Waals surface area contributed by atoms with Crippen LogP contribution in [0.4, 0.5) is 5.69 Å². The van der Waals surface area contributed by atoms with Gasteiger partial charge < -0.3 is 19.3 Å². The molecule has 6 heteroatoms. The summed E-state index contributed by atoms with van der Waals surface area (Å²) in [4.78, 5) is 17.3. The zero-order chi connectivity index (χ0) is 22.3. The molecule has 3 aromatic rings. The van der Waals surface area contributed by atoms with Crippen molar-refractivity contribution in [3.05, 3.63) is 94.5 Å². The topological polar surface area (TPSA) is 42.0 Å². The zero-order valence-corrected chi connectivity index (χ0v) is 18.9. The second-order valence-electron chi connectivity index (χ2n) is 7.76. The number of nitrogens with zero attached hydrogens (tertiary/aromatic N) is 2. The lowest BCUT2D eigenvalue weighted by atomic mass is 10.1. The molecule has 1 saturated heterocycles. The van der Waals surface area contributed by atoms with E-state index in [0.717, 1.165) is 40.7 Å². The second-order valence-corrected chi connectivity index (χ2v) is 8.20. The van der Waals surface area contributed by atoms with Crippen LogP contribution in [0.15, 0.2) is 72.8 Å². The van der Waals surface area contributed by atoms with Crippen molar-refractivity contribution in [2.75, 3.05) is 38.2 Å². The molecule has 0 aromatic heterocycles. The van der Waals surface area contributed by atoms with Gasteiger partial charge in [0, 0.05) is 48.0 Å². The minimum absolute atomic E-state index is 0.0303. The van der Waals surface area contributed by atoms with Gasteiger partial charge in [-0.15, -0.1) is 0 Å². The molecule has 1 aliphatic rings. The summed E-state index contributed by atoms with van der Waals surface area (Å²) in [5.41, 5.74) is 3.72. The molecule has 1 fully saturated rings. The van der Waals surface area contributed by atoms with Crippen LogP contribution in [-0.2, 0) is 18.0 Å². The molecule has 0 aliphatic carbocycles. The Morgan fingerprint density at radius 1 is 0.906 bits per heavy atom. The van der Waals surface area contributed by atoms with E-state index in [1.807, 2.05) is 71.6 Å². The molecule has 0 N–H and O–H groups in total. The summed E-state index contributed by atoms with van der Waals surface area (Å²) in [6.45, 7) is 3.76. The quantitative estimate of drug-likeness (QED) is 0.506. The lowest BCUT2D eigenvalue weighted by Crippen LogP contribution is -2.48. The van der Waals surface area contributed by atoms with Crippen LogP contribution in [0.25, 0.3) is 0 Å². The summed E-state index contributed by atoms with van der Waals surface area (Å²) >= 11 is 6.12. The summed E-state index contributed by atoms with van der Waals surface area (Å²) < 4.78 is 11.4. The third-order valence-electron chi connectivity index (χ3n) is 5.64. The van der Waals surface area contributed by atoms with E-state index in [-0.39, 0.29) is 5.91 Å². The molecule has 0 atom stereocenters. The highest BCUT2D eigenvalue weighted by Crippen LogP contribution is 2.24. The predicted octanol–water partition coefficient (Wildman–Crippen LogP) is 5.03. The van der Waals surface area contributed by atoms with Gasteiger partial charge in [-0.3, -0.25) is 4.79 Å². The molecule has 32 heavy (non-hydrogen) atoms. The number of methoxy groups -OCH3 is 1. The number of amides is 1. The Kier molecular flexibility index (Phi) is 7.30. The number of benzene rings is 3. The van der Waals surface area contributed by atoms with Crippen LogP contribution >= 0.6 is 11.6 Å². The van der Waals surface area contributed by atoms with E-state index in [4.69, 9.17) is 21.1 Å². The van der Waals surface area contributed by atoms with E-state index in [0.29, 0.717) is 31.9 Å². The molecule has 4 rings (SSSR count). The Balaban J connectivity index is 1.38. The van der Waals surface area contributed by atoms with E-state index >= 15 is 0 Å². The van der Waals surface area contributed by atoms with Gasteiger partial charge in [-0.25, -0.2) is 0 Å². The number of hydrogen-bond donors (Lipinski definition) is 0. The summed E-state index contributed by atoms with van der Waals surface area (Å²) in [5, 5.41) is 0.723. The maximum absolute atomic E-state index is 13.1. The average molecular weight is 451 g/mol. The molecule has 0 unspecified atom stereocenters. The Hall–Kier alpha value is -3.02. The molecule has 0 saturated carbocycles. The van der Waals surface area contributed by atoms with E-state index < -0.39 is 0 Å². The van der Waals surface area contributed by atoms with Gasteiger partial charge in [0.15, 0.2) is 0 Å². The third-order valence-corrected chi connectivity index (χ3v) is 5.87. The van der Waals surface area contributed by atoms with Crippen molar-refractivity contribution in [1.29, 1.82) is 0 Å². The van der Waals surface area contributed by atoms with Crippen LogP contribution in [0.1, 0.15) is 21.5 Å². The molecule has 0 spiro atoms. The number of rotatable bonds is 7. The first-order valence-corrected chi connectivity index (χ1v) is 11.1. The fourth-order valence-corrected chi connectivity index (χ4v) is 4.09. The first kappa shape index (κ1) is 22.2. The first-order valence-electron chi connectivity index (χ1n) is 10.7. The first-order chi connectivity index (χ1) is 15.6. The molecule has 0 radical (unpaired) electrons. The Morgan fingerprint density at radius 3 is 2.41 bits per heavy atom. The number of halogens is 1. The standard InChI is InChI=1S/C26H27ClN2O3/c1-31-25-11-10-21(16-22(25)19-32-18-20-6-3-2-4-7-20)26(30)29-14-12-28(13-15-29)24-9-5-8-23(27)17-24/h2-11,16-17H,12-15,18-19H2,1H3. The summed E-state index contributed by atoms with van der Waals surface area (Å²) in [6, 6.07) is 23.4. The molecule has 5 nitrogen and oxygen atoms in total. The Morgan fingerprint density at radius 2 is 1.69 bits per heavy atom. The fraction of sp³-hybridized carbons (Fsp3) is 0.269. The largest absolute Gasteiger partial charge is 0.496 e. The summed E-state index contributed by atoms with van der Waals surface area (Å²) in [6.07, 6.45) is 0. The van der Waals surface area contributed by atoms with Crippen molar-refractivity contribution < 1.29 is 14.3 Å². The van der Waals surface area contributed by atoms with Crippen LogP contribution in [0.3, 0.4) is 0 Å². The minimum Gasteiger partial charge on any atom is -0.496 e.